The molecule has 0 aliphatic rings. The average molecular weight is 250 g/mol. The second-order valence-corrected chi connectivity index (χ2v) is 4.54. The van der Waals surface area contributed by atoms with E-state index < -0.39 is 0 Å². The first-order chi connectivity index (χ1) is 8.72. The Labute approximate surface area is 106 Å². The number of hydrogen-bond acceptors (Lipinski definition) is 5. The van der Waals surface area contributed by atoms with Crippen molar-refractivity contribution in [3.05, 3.63) is 6.33 Å². The fourth-order valence-electron chi connectivity index (χ4n) is 1.78. The Balaban J connectivity index is 2.06. The van der Waals surface area contributed by atoms with Gasteiger partial charge in [0.25, 0.3) is 0 Å². The maximum atomic E-state index is 4.23. The van der Waals surface area contributed by atoms with Crippen LogP contribution in [0.1, 0.15) is 13.3 Å². The van der Waals surface area contributed by atoms with Crippen LogP contribution in [0.5, 0.6) is 0 Å². The molecule has 0 fully saturated rings. The summed E-state index contributed by atoms with van der Waals surface area (Å²) in [6, 6.07) is 0. The molecule has 0 aromatic carbocycles. The van der Waals surface area contributed by atoms with E-state index in [9.17, 15) is 0 Å². The molecule has 2 N–H and O–H groups in total. The van der Waals surface area contributed by atoms with Gasteiger partial charge in [-0.05, 0) is 6.92 Å². The van der Waals surface area contributed by atoms with Crippen molar-refractivity contribution in [2.75, 3.05) is 32.5 Å². The van der Waals surface area contributed by atoms with Crippen molar-refractivity contribution in [2.45, 2.75) is 19.9 Å². The molecule has 0 saturated carbocycles. The fraction of sp³-hybridized carbons (Fsp3) is 0.636. The highest BCUT2D eigenvalue weighted by molar-refractivity contribution is 5.81. The van der Waals surface area contributed by atoms with Crippen LogP contribution in [0, 0.1) is 0 Å². The van der Waals surface area contributed by atoms with Crippen LogP contribution in [0.3, 0.4) is 0 Å². The van der Waals surface area contributed by atoms with Gasteiger partial charge in [0, 0.05) is 19.5 Å². The van der Waals surface area contributed by atoms with Crippen LogP contribution in [0.2, 0.25) is 0 Å². The number of nitrogens with zero attached hydrogens (tertiary/aromatic N) is 5. The van der Waals surface area contributed by atoms with Crippen LogP contribution in [-0.4, -0.2) is 52.1 Å². The molecule has 0 bridgehead atoms. The number of hydrogen-bond donors (Lipinski definition) is 2. The van der Waals surface area contributed by atoms with Crippen molar-refractivity contribution in [1.29, 1.82) is 0 Å². The Morgan fingerprint density at radius 3 is 2.89 bits per heavy atom. The quantitative estimate of drug-likeness (QED) is 0.656. The van der Waals surface area contributed by atoms with Crippen LogP contribution in [0.15, 0.2) is 6.33 Å². The number of quaternary nitrogens is 1. The van der Waals surface area contributed by atoms with Crippen LogP contribution < -0.4 is 10.2 Å². The lowest BCUT2D eigenvalue weighted by Gasteiger charge is -2.08. The highest BCUT2D eigenvalue weighted by Crippen LogP contribution is 2.15. The second-order valence-electron chi connectivity index (χ2n) is 4.54. The average Bonchev–Trinajstić information content (AvgIpc) is 2.78. The van der Waals surface area contributed by atoms with Gasteiger partial charge in [-0.15, -0.1) is 5.10 Å². The van der Waals surface area contributed by atoms with Gasteiger partial charge in [-0.2, -0.15) is 0 Å². The van der Waals surface area contributed by atoms with Crippen molar-refractivity contribution >= 4 is 17.0 Å². The zero-order valence-electron chi connectivity index (χ0n) is 11.1. The zero-order valence-corrected chi connectivity index (χ0v) is 11.1. The molecule has 0 aliphatic carbocycles. The molecule has 2 aromatic heterocycles. The third kappa shape index (κ3) is 2.73. The van der Waals surface area contributed by atoms with E-state index in [0.29, 0.717) is 0 Å². The van der Waals surface area contributed by atoms with E-state index in [-0.39, 0.29) is 0 Å². The van der Waals surface area contributed by atoms with Crippen molar-refractivity contribution < 1.29 is 4.90 Å². The maximum Gasteiger partial charge on any atom is 0.183 e. The van der Waals surface area contributed by atoms with Gasteiger partial charge in [0.1, 0.15) is 6.33 Å². The first-order valence-electron chi connectivity index (χ1n) is 6.29. The summed E-state index contributed by atoms with van der Waals surface area (Å²) in [5.74, 6) is 0.772. The molecule has 2 aromatic rings. The van der Waals surface area contributed by atoms with E-state index in [4.69, 9.17) is 0 Å². The lowest BCUT2D eigenvalue weighted by Crippen LogP contribution is -3.05. The summed E-state index contributed by atoms with van der Waals surface area (Å²) in [5, 5.41) is 11.5. The summed E-state index contributed by atoms with van der Waals surface area (Å²) in [7, 11) is 4.30. The Morgan fingerprint density at radius 2 is 2.17 bits per heavy atom. The summed E-state index contributed by atoms with van der Waals surface area (Å²) in [6.07, 6.45) is 2.65. The molecule has 2 rings (SSSR count). The first-order valence-corrected chi connectivity index (χ1v) is 6.29. The van der Waals surface area contributed by atoms with Crippen LogP contribution >= 0.6 is 0 Å². The van der Waals surface area contributed by atoms with Crippen molar-refractivity contribution in [2.24, 2.45) is 0 Å². The lowest BCUT2D eigenvalue weighted by molar-refractivity contribution is -0.858. The first kappa shape index (κ1) is 12.7. The van der Waals surface area contributed by atoms with E-state index in [2.05, 4.69) is 39.7 Å². The Bertz CT molecular complexity index is 505. The van der Waals surface area contributed by atoms with E-state index in [1.165, 1.54) is 4.90 Å². The molecule has 7 nitrogen and oxygen atoms in total. The largest absolute Gasteiger partial charge is 0.368 e. The highest BCUT2D eigenvalue weighted by atomic mass is 15.4. The van der Waals surface area contributed by atoms with Crippen LogP contribution in [-0.2, 0) is 6.54 Å². The Hall–Kier alpha value is -1.76. The fourth-order valence-corrected chi connectivity index (χ4v) is 1.78. The molecule has 18 heavy (non-hydrogen) atoms. The minimum Gasteiger partial charge on any atom is -0.368 e. The SMILES string of the molecule is CCn1nnc2c(NCCC[NH+](C)C)ncnc21. The van der Waals surface area contributed by atoms with Gasteiger partial charge >= 0.3 is 0 Å². The summed E-state index contributed by atoms with van der Waals surface area (Å²) < 4.78 is 1.77. The standard InChI is InChI=1S/C11H19N7/c1-4-18-11-9(15-16-18)10(13-8-14-11)12-6-5-7-17(2)3/h8H,4-7H2,1-3H3,(H,12,13,14)/p+1. The molecule has 0 atom stereocenters. The van der Waals surface area contributed by atoms with Gasteiger partial charge < -0.3 is 10.2 Å². The predicted octanol–water partition coefficient (Wildman–Crippen LogP) is -0.812. The van der Waals surface area contributed by atoms with Crippen molar-refractivity contribution in [3.63, 3.8) is 0 Å². The number of fused-ring (bicyclic) bond motifs is 1. The van der Waals surface area contributed by atoms with Gasteiger partial charge in [0.2, 0.25) is 0 Å². The van der Waals surface area contributed by atoms with E-state index >= 15 is 0 Å². The monoisotopic (exact) mass is 250 g/mol. The number of nitrogens with one attached hydrogen (secondary N) is 2. The van der Waals surface area contributed by atoms with Gasteiger partial charge in [-0.25, -0.2) is 14.6 Å². The molecule has 2 heterocycles. The number of aryl methyl sites for hydroxylation is 1. The van der Waals surface area contributed by atoms with Gasteiger partial charge in [-0.1, -0.05) is 5.21 Å². The number of anilines is 1. The van der Waals surface area contributed by atoms with Gasteiger partial charge in [-0.3, -0.25) is 0 Å². The predicted molar refractivity (Wildman–Crippen MR) is 69.6 cm³/mol. The molecule has 0 saturated heterocycles. The topological polar surface area (TPSA) is 73.0 Å². The molecular weight excluding hydrogens is 230 g/mol. The molecule has 0 radical (unpaired) electrons. The molecule has 0 unspecified atom stereocenters. The van der Waals surface area contributed by atoms with E-state index in [1.54, 1.807) is 11.0 Å². The zero-order chi connectivity index (χ0) is 13.0. The molecule has 0 spiro atoms. The summed E-state index contributed by atoms with van der Waals surface area (Å²) >= 11 is 0. The van der Waals surface area contributed by atoms with Crippen molar-refractivity contribution in [1.82, 2.24) is 25.0 Å². The highest BCUT2D eigenvalue weighted by Gasteiger charge is 2.10. The van der Waals surface area contributed by atoms with Crippen LogP contribution in [0.25, 0.3) is 11.2 Å². The summed E-state index contributed by atoms with van der Waals surface area (Å²) in [4.78, 5) is 9.88. The van der Waals surface area contributed by atoms with Gasteiger partial charge in [0.05, 0.1) is 20.6 Å². The molecule has 0 amide bonds. The number of rotatable bonds is 6. The number of aromatic nitrogens is 5. The summed E-state index contributed by atoms with van der Waals surface area (Å²) in [6.45, 7) is 4.79. The Morgan fingerprint density at radius 1 is 1.33 bits per heavy atom. The van der Waals surface area contributed by atoms with E-state index in [0.717, 1.165) is 43.0 Å². The smallest absolute Gasteiger partial charge is 0.183 e. The minimum absolute atomic E-state index is 0.747. The molecule has 98 valence electrons. The molecule has 7 heteroatoms. The maximum absolute atomic E-state index is 4.23. The van der Waals surface area contributed by atoms with E-state index in [1.807, 2.05) is 6.92 Å². The molecular formula is C11H20N7+. The second kappa shape index (κ2) is 5.72. The Kier molecular flexibility index (Phi) is 4.03. The van der Waals surface area contributed by atoms with Gasteiger partial charge in [0.15, 0.2) is 17.0 Å². The van der Waals surface area contributed by atoms with Crippen molar-refractivity contribution in [3.8, 4) is 0 Å². The van der Waals surface area contributed by atoms with Crippen LogP contribution in [0.4, 0.5) is 5.82 Å². The molecule has 0 aliphatic heterocycles. The third-order valence-corrected chi connectivity index (χ3v) is 2.75. The lowest BCUT2D eigenvalue weighted by atomic mass is 10.4. The summed E-state index contributed by atoms with van der Waals surface area (Å²) in [5.41, 5.74) is 1.53. The minimum atomic E-state index is 0.747. The normalized spacial score (nSPS) is 11.3. The third-order valence-electron chi connectivity index (χ3n) is 2.75.